The summed E-state index contributed by atoms with van der Waals surface area (Å²) in [5.41, 5.74) is 1.72. The van der Waals surface area contributed by atoms with Gasteiger partial charge in [-0.2, -0.15) is 0 Å². The van der Waals surface area contributed by atoms with Gasteiger partial charge in [-0.1, -0.05) is 5.16 Å². The fraction of sp³-hybridized carbons (Fsp3) is 0.0909. The maximum absolute atomic E-state index is 12.1. The molecule has 3 aromatic rings. The number of hydrogen-bond acceptors (Lipinski definition) is 6. The summed E-state index contributed by atoms with van der Waals surface area (Å²) in [6.07, 6.45) is 1.55. The second-order valence-electron chi connectivity index (χ2n) is 3.93. The van der Waals surface area contributed by atoms with E-state index in [0.717, 1.165) is 16.9 Å². The lowest BCUT2D eigenvalue weighted by Crippen LogP contribution is -2.12. The number of rotatable bonds is 3. The Morgan fingerprint density at radius 3 is 3.00 bits per heavy atom. The Bertz CT molecular complexity index is 836. The lowest BCUT2D eigenvalue weighted by Gasteiger charge is -2.01. The summed E-state index contributed by atoms with van der Waals surface area (Å²) in [4.78, 5) is 4.04. The van der Waals surface area contributed by atoms with Crippen molar-refractivity contribution in [1.29, 1.82) is 0 Å². The summed E-state index contributed by atoms with van der Waals surface area (Å²) < 4.78 is 31.9. The molecular formula is C11H9N3O3S2. The van der Waals surface area contributed by atoms with E-state index in [0.29, 0.717) is 11.1 Å². The van der Waals surface area contributed by atoms with Crippen molar-refractivity contribution in [3.05, 3.63) is 35.3 Å². The molecule has 1 N–H and O–H groups in total. The summed E-state index contributed by atoms with van der Waals surface area (Å²) in [5, 5.41) is 5.46. The molecule has 0 saturated heterocycles. The quantitative estimate of drug-likeness (QED) is 0.802. The molecule has 6 nitrogen and oxygen atoms in total. The molecule has 0 aliphatic heterocycles. The lowest BCUT2D eigenvalue weighted by molar-refractivity contribution is 0.460. The number of nitrogens with zero attached hydrogens (tertiary/aromatic N) is 2. The molecule has 3 rings (SSSR count). The van der Waals surface area contributed by atoms with E-state index in [1.807, 2.05) is 6.92 Å². The minimum atomic E-state index is -3.65. The van der Waals surface area contributed by atoms with E-state index in [-0.39, 0.29) is 10.0 Å². The highest BCUT2D eigenvalue weighted by Crippen LogP contribution is 2.25. The Morgan fingerprint density at radius 1 is 1.42 bits per heavy atom. The van der Waals surface area contributed by atoms with Gasteiger partial charge in [0.05, 0.1) is 0 Å². The van der Waals surface area contributed by atoms with Crippen LogP contribution in [0.5, 0.6) is 0 Å². The highest BCUT2D eigenvalue weighted by Gasteiger charge is 2.20. The van der Waals surface area contributed by atoms with Crippen LogP contribution in [-0.4, -0.2) is 18.6 Å². The van der Waals surface area contributed by atoms with Gasteiger partial charge in [0.1, 0.15) is 4.21 Å². The number of pyridine rings is 1. The van der Waals surface area contributed by atoms with Gasteiger partial charge in [-0.05, 0) is 36.1 Å². The number of hydrogen-bond donors (Lipinski definition) is 1. The van der Waals surface area contributed by atoms with Crippen molar-refractivity contribution >= 4 is 38.3 Å². The molecule has 0 amide bonds. The molecule has 0 unspecified atom stereocenters. The first-order chi connectivity index (χ1) is 9.06. The topological polar surface area (TPSA) is 85.1 Å². The highest BCUT2D eigenvalue weighted by atomic mass is 32.2. The van der Waals surface area contributed by atoms with Crippen LogP contribution in [0.2, 0.25) is 0 Å². The van der Waals surface area contributed by atoms with Crippen molar-refractivity contribution in [1.82, 2.24) is 10.1 Å². The average Bonchev–Trinajstić information content (AvgIpc) is 2.97. The van der Waals surface area contributed by atoms with Crippen LogP contribution in [0.3, 0.4) is 0 Å². The first kappa shape index (κ1) is 12.1. The van der Waals surface area contributed by atoms with Gasteiger partial charge < -0.3 is 4.52 Å². The molecule has 0 bridgehead atoms. The molecule has 0 aromatic carbocycles. The van der Waals surface area contributed by atoms with E-state index in [2.05, 4.69) is 14.9 Å². The van der Waals surface area contributed by atoms with Crippen molar-refractivity contribution in [3.8, 4) is 0 Å². The number of nitrogens with one attached hydrogen (secondary N) is 1. The van der Waals surface area contributed by atoms with E-state index in [4.69, 9.17) is 4.52 Å². The standard InChI is InChI=1S/C11H9N3O3S2/c1-7-5-9(18-6-7)19(15,16)14-11-10-8(17-13-11)3-2-4-12-10/h2-6H,1H3,(H,13,14). The highest BCUT2D eigenvalue weighted by molar-refractivity contribution is 7.94. The van der Waals surface area contributed by atoms with Crippen LogP contribution in [0.25, 0.3) is 11.1 Å². The van der Waals surface area contributed by atoms with Gasteiger partial charge in [-0.25, -0.2) is 13.4 Å². The average molecular weight is 295 g/mol. The van der Waals surface area contributed by atoms with E-state index < -0.39 is 10.0 Å². The third-order valence-corrected chi connectivity index (χ3v) is 5.33. The van der Waals surface area contributed by atoms with Crippen molar-refractivity contribution in [3.63, 3.8) is 0 Å². The molecule has 0 aliphatic rings. The number of aryl methyl sites for hydroxylation is 1. The summed E-state index contributed by atoms with van der Waals surface area (Å²) in [6.45, 7) is 1.84. The molecule has 0 atom stereocenters. The van der Waals surface area contributed by atoms with Crippen LogP contribution in [0.15, 0.2) is 38.5 Å². The Morgan fingerprint density at radius 2 is 2.26 bits per heavy atom. The van der Waals surface area contributed by atoms with E-state index >= 15 is 0 Å². The zero-order chi connectivity index (χ0) is 13.5. The molecule has 0 saturated carbocycles. The predicted molar refractivity (Wildman–Crippen MR) is 71.7 cm³/mol. The molecule has 98 valence electrons. The summed E-state index contributed by atoms with van der Waals surface area (Å²) in [5.74, 6) is 0.0988. The smallest absolute Gasteiger partial charge is 0.272 e. The Balaban J connectivity index is 2.01. The van der Waals surface area contributed by atoms with Crippen LogP contribution in [0.4, 0.5) is 5.82 Å². The molecule has 3 heterocycles. The van der Waals surface area contributed by atoms with Crippen LogP contribution in [0, 0.1) is 6.92 Å². The third-order valence-electron chi connectivity index (χ3n) is 2.43. The summed E-state index contributed by atoms with van der Waals surface area (Å²) >= 11 is 1.15. The van der Waals surface area contributed by atoms with Gasteiger partial charge in [-0.3, -0.25) is 4.72 Å². The normalized spacial score (nSPS) is 11.8. The Labute approximate surface area is 113 Å². The van der Waals surface area contributed by atoms with Crippen LogP contribution in [0.1, 0.15) is 5.56 Å². The fourth-order valence-electron chi connectivity index (χ4n) is 1.57. The van der Waals surface area contributed by atoms with Crippen LogP contribution in [-0.2, 0) is 10.0 Å². The van der Waals surface area contributed by atoms with Gasteiger partial charge in [0.15, 0.2) is 11.1 Å². The van der Waals surface area contributed by atoms with Gasteiger partial charge >= 0.3 is 0 Å². The van der Waals surface area contributed by atoms with Gasteiger partial charge in [0.2, 0.25) is 5.82 Å². The minimum Gasteiger partial charge on any atom is -0.352 e. The minimum absolute atomic E-state index is 0.0988. The molecule has 19 heavy (non-hydrogen) atoms. The summed E-state index contributed by atoms with van der Waals surface area (Å²) in [6, 6.07) is 4.96. The van der Waals surface area contributed by atoms with Crippen molar-refractivity contribution < 1.29 is 12.9 Å². The number of thiophene rings is 1. The van der Waals surface area contributed by atoms with Gasteiger partial charge in [0.25, 0.3) is 10.0 Å². The fourth-order valence-corrected chi connectivity index (χ4v) is 3.80. The first-order valence-electron chi connectivity index (χ1n) is 5.34. The maximum Gasteiger partial charge on any atom is 0.272 e. The molecular weight excluding hydrogens is 286 g/mol. The lowest BCUT2D eigenvalue weighted by atomic mass is 10.4. The zero-order valence-corrected chi connectivity index (χ0v) is 11.5. The molecule has 3 aromatic heterocycles. The van der Waals surface area contributed by atoms with Gasteiger partial charge in [0, 0.05) is 6.20 Å². The molecule has 8 heteroatoms. The number of anilines is 1. The summed E-state index contributed by atoms with van der Waals surface area (Å²) in [7, 11) is -3.65. The Hall–Kier alpha value is -1.93. The van der Waals surface area contributed by atoms with Crippen LogP contribution < -0.4 is 4.72 Å². The Kier molecular flexibility index (Phi) is 2.76. The molecule has 0 fully saturated rings. The maximum atomic E-state index is 12.1. The van der Waals surface area contributed by atoms with Crippen molar-refractivity contribution in [2.24, 2.45) is 0 Å². The van der Waals surface area contributed by atoms with Crippen LogP contribution >= 0.6 is 11.3 Å². The number of fused-ring (bicyclic) bond motifs is 1. The third kappa shape index (κ3) is 2.20. The molecule has 0 spiro atoms. The second kappa shape index (κ2) is 4.32. The molecule has 0 radical (unpaired) electrons. The van der Waals surface area contributed by atoms with E-state index in [1.165, 1.54) is 0 Å². The number of sulfonamides is 1. The van der Waals surface area contributed by atoms with E-state index in [9.17, 15) is 8.42 Å². The van der Waals surface area contributed by atoms with E-state index in [1.54, 1.807) is 29.8 Å². The first-order valence-corrected chi connectivity index (χ1v) is 7.71. The predicted octanol–water partition coefficient (Wildman–Crippen LogP) is 2.39. The van der Waals surface area contributed by atoms with Crippen molar-refractivity contribution in [2.75, 3.05) is 4.72 Å². The zero-order valence-electron chi connectivity index (χ0n) is 9.82. The molecule has 0 aliphatic carbocycles. The largest absolute Gasteiger partial charge is 0.352 e. The van der Waals surface area contributed by atoms with Gasteiger partial charge in [-0.15, -0.1) is 11.3 Å². The monoisotopic (exact) mass is 295 g/mol. The number of aromatic nitrogens is 2. The van der Waals surface area contributed by atoms with Crippen molar-refractivity contribution in [2.45, 2.75) is 11.1 Å². The second-order valence-corrected chi connectivity index (χ2v) is 6.75. The SMILES string of the molecule is Cc1csc(S(=O)(=O)Nc2noc3cccnc23)c1.